The Balaban J connectivity index is 1.65. The number of benzene rings is 2. The maximum Gasteiger partial charge on any atom is 0.229 e. The number of piperidine rings is 1. The number of halogens is 3. The number of hydrogen-bond acceptors (Lipinski definition) is 8. The van der Waals surface area contributed by atoms with Gasteiger partial charge >= 0.3 is 0 Å². The Labute approximate surface area is 219 Å². The Morgan fingerprint density at radius 2 is 1.76 bits per heavy atom. The molecule has 0 radical (unpaired) electrons. The number of anilines is 5. The smallest absolute Gasteiger partial charge is 0.229 e. The zero-order valence-corrected chi connectivity index (χ0v) is 22.7. The van der Waals surface area contributed by atoms with Crippen LogP contribution in [0.25, 0.3) is 0 Å². The van der Waals surface area contributed by atoms with Gasteiger partial charge in [-0.1, -0.05) is 11.6 Å². The fraction of sp³-hybridized carbons (Fsp3) is 0.360. The van der Waals surface area contributed by atoms with Crippen LogP contribution in [0, 0.1) is 11.6 Å². The summed E-state index contributed by atoms with van der Waals surface area (Å²) in [4.78, 5) is 10.7. The van der Waals surface area contributed by atoms with Gasteiger partial charge in [-0.25, -0.2) is 13.8 Å². The lowest BCUT2D eigenvalue weighted by molar-refractivity contribution is 0.0818. The number of methoxy groups -OCH3 is 2. The topological polar surface area (TPSA) is 88.6 Å². The van der Waals surface area contributed by atoms with E-state index in [0.717, 1.165) is 12.8 Å². The summed E-state index contributed by atoms with van der Waals surface area (Å²) in [5.41, 5.74) is 1.22. The molecule has 0 amide bonds. The number of rotatable bonds is 8. The van der Waals surface area contributed by atoms with Gasteiger partial charge in [-0.3, -0.25) is 0 Å². The van der Waals surface area contributed by atoms with Gasteiger partial charge < -0.3 is 29.6 Å². The number of hydrogen-bond donors (Lipinski definition) is 2. The van der Waals surface area contributed by atoms with Crippen molar-refractivity contribution in [2.75, 3.05) is 56.2 Å². The maximum atomic E-state index is 14.7. The summed E-state index contributed by atoms with van der Waals surface area (Å²) in [6, 6.07) is 6.69. The predicted molar refractivity (Wildman–Crippen MR) is 144 cm³/mol. The molecular formula is C25H29ClF2N5O3P. The monoisotopic (exact) mass is 551 g/mol. The van der Waals surface area contributed by atoms with E-state index >= 15 is 0 Å². The van der Waals surface area contributed by atoms with E-state index in [1.54, 1.807) is 20.4 Å². The molecule has 1 saturated heterocycles. The van der Waals surface area contributed by atoms with Gasteiger partial charge in [-0.05, 0) is 44.4 Å². The minimum absolute atomic E-state index is 0.106. The molecular weight excluding hydrogens is 523 g/mol. The van der Waals surface area contributed by atoms with Crippen molar-refractivity contribution in [3.63, 3.8) is 0 Å². The molecule has 12 heteroatoms. The van der Waals surface area contributed by atoms with Crippen LogP contribution >= 0.6 is 18.7 Å². The summed E-state index contributed by atoms with van der Waals surface area (Å²) in [7, 11) is 0.468. The van der Waals surface area contributed by atoms with Crippen LogP contribution in [0.5, 0.6) is 5.75 Å². The molecule has 37 heavy (non-hydrogen) atoms. The largest absolute Gasteiger partial charge is 0.492 e. The summed E-state index contributed by atoms with van der Waals surface area (Å²) >= 11 is 6.31. The molecule has 0 bridgehead atoms. The minimum Gasteiger partial charge on any atom is -0.492 e. The molecule has 3 aromatic rings. The Morgan fingerprint density at radius 3 is 2.41 bits per heavy atom. The van der Waals surface area contributed by atoms with E-state index in [4.69, 9.17) is 21.1 Å². The molecule has 0 spiro atoms. The lowest BCUT2D eigenvalue weighted by Crippen LogP contribution is -2.36. The zero-order chi connectivity index (χ0) is 26.7. The second kappa shape index (κ2) is 11.2. The summed E-state index contributed by atoms with van der Waals surface area (Å²) in [6.07, 6.45) is 3.17. The van der Waals surface area contributed by atoms with E-state index in [9.17, 15) is 13.3 Å². The van der Waals surface area contributed by atoms with Gasteiger partial charge in [0.25, 0.3) is 0 Å². The first kappa shape index (κ1) is 27.1. The van der Waals surface area contributed by atoms with Crippen LogP contribution in [-0.4, -0.2) is 56.7 Å². The molecule has 1 aliphatic heterocycles. The van der Waals surface area contributed by atoms with Gasteiger partial charge in [0.05, 0.1) is 36.5 Å². The molecule has 8 nitrogen and oxygen atoms in total. The van der Waals surface area contributed by atoms with Crippen LogP contribution < -0.4 is 25.6 Å². The lowest BCUT2D eigenvalue weighted by atomic mass is 10.1. The average Bonchev–Trinajstić information content (AvgIpc) is 2.85. The molecule has 0 atom stereocenters. The number of nitrogens with zero attached hydrogens (tertiary/aromatic N) is 3. The Bertz CT molecular complexity index is 1330. The van der Waals surface area contributed by atoms with E-state index < -0.39 is 18.8 Å². The summed E-state index contributed by atoms with van der Waals surface area (Å²) in [5.74, 6) is -0.248. The fourth-order valence-corrected chi connectivity index (χ4v) is 5.57. The first-order valence-corrected chi connectivity index (χ1v) is 14.6. The highest BCUT2D eigenvalue weighted by Gasteiger charge is 2.24. The molecule has 1 aliphatic rings. The summed E-state index contributed by atoms with van der Waals surface area (Å²) in [6.45, 7) is 4.56. The van der Waals surface area contributed by atoms with Crippen LogP contribution in [0.2, 0.25) is 5.02 Å². The van der Waals surface area contributed by atoms with E-state index in [0.29, 0.717) is 35.5 Å². The highest BCUT2D eigenvalue weighted by molar-refractivity contribution is 7.70. The third-order valence-electron chi connectivity index (χ3n) is 6.14. The molecule has 2 N–H and O–H groups in total. The van der Waals surface area contributed by atoms with E-state index in [1.165, 1.54) is 43.6 Å². The van der Waals surface area contributed by atoms with Crippen LogP contribution in [0.4, 0.5) is 37.6 Å². The van der Waals surface area contributed by atoms with Gasteiger partial charge in [0.2, 0.25) is 5.95 Å². The first-order valence-electron chi connectivity index (χ1n) is 11.7. The standard InChI is InChI=1S/C25H29ClF2N5O3P/c1-35-17-7-9-33(10-8-17)21-13-16(28)12-20(23(21)36-2)31-25-29-14-18(26)24(32-25)30-19-11-15(27)5-6-22(19)37(3,4)34/h5-6,11-14,17H,7-10H2,1-4H3,(H2,29,30,31,32). The van der Waals surface area contributed by atoms with E-state index in [-0.39, 0.29) is 28.6 Å². The SMILES string of the molecule is COc1c(Nc2ncc(Cl)c(Nc3cc(F)ccc3P(C)(C)=O)n2)cc(F)cc1N1CCC(OC)CC1. The lowest BCUT2D eigenvalue weighted by Gasteiger charge is -2.34. The molecule has 0 unspecified atom stereocenters. The Hall–Kier alpha value is -2.94. The normalized spacial score (nSPS) is 14.5. The Morgan fingerprint density at radius 1 is 1.05 bits per heavy atom. The van der Waals surface area contributed by atoms with Gasteiger partial charge in [0.15, 0.2) is 11.6 Å². The maximum absolute atomic E-state index is 14.7. The minimum atomic E-state index is -2.74. The van der Waals surface area contributed by atoms with Gasteiger partial charge in [0.1, 0.15) is 23.8 Å². The second-order valence-electron chi connectivity index (χ2n) is 9.08. The highest BCUT2D eigenvalue weighted by Crippen LogP contribution is 2.41. The van der Waals surface area contributed by atoms with Crippen LogP contribution in [-0.2, 0) is 9.30 Å². The average molecular weight is 552 g/mol. The zero-order valence-electron chi connectivity index (χ0n) is 21.0. The quantitative estimate of drug-likeness (QED) is 0.341. The molecule has 1 aromatic heterocycles. The molecule has 0 saturated carbocycles. The van der Waals surface area contributed by atoms with Gasteiger partial charge in [0, 0.05) is 37.6 Å². The molecule has 0 aliphatic carbocycles. The first-order chi connectivity index (χ1) is 17.6. The van der Waals surface area contributed by atoms with Crippen molar-refractivity contribution in [1.82, 2.24) is 9.97 Å². The van der Waals surface area contributed by atoms with E-state index in [2.05, 4.69) is 25.5 Å². The van der Waals surface area contributed by atoms with Crippen molar-refractivity contribution < 1.29 is 22.8 Å². The number of aromatic nitrogens is 2. The summed E-state index contributed by atoms with van der Waals surface area (Å²) in [5, 5.41) is 6.59. The molecule has 2 aromatic carbocycles. The second-order valence-corrected chi connectivity index (χ2v) is 12.7. The predicted octanol–water partition coefficient (Wildman–Crippen LogP) is 5.77. The third kappa shape index (κ3) is 6.32. The van der Waals surface area contributed by atoms with Crippen LogP contribution in [0.1, 0.15) is 12.8 Å². The van der Waals surface area contributed by atoms with Crippen LogP contribution in [0.3, 0.4) is 0 Å². The highest BCUT2D eigenvalue weighted by atomic mass is 35.5. The number of ether oxygens (including phenoxy) is 2. The van der Waals surface area contributed by atoms with Crippen molar-refractivity contribution in [3.8, 4) is 5.75 Å². The van der Waals surface area contributed by atoms with Crippen molar-refractivity contribution in [3.05, 3.63) is 53.2 Å². The molecule has 2 heterocycles. The Kier molecular flexibility index (Phi) is 8.21. The fourth-order valence-electron chi connectivity index (χ4n) is 4.29. The van der Waals surface area contributed by atoms with E-state index in [1.807, 2.05) is 0 Å². The van der Waals surface area contributed by atoms with Crippen LogP contribution in [0.15, 0.2) is 36.5 Å². The van der Waals surface area contributed by atoms with Crippen molar-refractivity contribution in [1.29, 1.82) is 0 Å². The molecule has 4 rings (SSSR count). The van der Waals surface area contributed by atoms with Crippen molar-refractivity contribution >= 4 is 52.9 Å². The van der Waals surface area contributed by atoms with Crippen molar-refractivity contribution in [2.45, 2.75) is 18.9 Å². The van der Waals surface area contributed by atoms with Gasteiger partial charge in [-0.2, -0.15) is 4.98 Å². The molecule has 198 valence electrons. The number of nitrogens with one attached hydrogen (secondary N) is 2. The third-order valence-corrected chi connectivity index (χ3v) is 7.96. The van der Waals surface area contributed by atoms with Crippen molar-refractivity contribution in [2.24, 2.45) is 0 Å². The molecule has 1 fully saturated rings. The van der Waals surface area contributed by atoms with Gasteiger partial charge in [-0.15, -0.1) is 0 Å². The summed E-state index contributed by atoms with van der Waals surface area (Å²) < 4.78 is 52.5.